The normalized spacial score (nSPS) is 16.7. The number of carbonyl (C=O) groups is 3. The van der Waals surface area contributed by atoms with Crippen molar-refractivity contribution in [3.63, 3.8) is 0 Å². The number of aromatic nitrogens is 1. The van der Waals surface area contributed by atoms with Crippen LogP contribution in [0, 0.1) is 5.82 Å². The average Bonchev–Trinajstić information content (AvgIpc) is 2.94. The minimum absolute atomic E-state index is 0.0830. The molecule has 1 fully saturated rings. The van der Waals surface area contributed by atoms with Crippen LogP contribution in [0.1, 0.15) is 20.8 Å². The van der Waals surface area contributed by atoms with E-state index in [0.29, 0.717) is 31.9 Å². The van der Waals surface area contributed by atoms with Gasteiger partial charge < -0.3 is 9.80 Å². The van der Waals surface area contributed by atoms with Crippen LogP contribution >= 0.6 is 0 Å². The van der Waals surface area contributed by atoms with Crippen LogP contribution in [0.4, 0.5) is 10.1 Å². The highest BCUT2D eigenvalue weighted by atomic mass is 19.1. The van der Waals surface area contributed by atoms with Crippen LogP contribution in [0.5, 0.6) is 0 Å². The zero-order valence-corrected chi connectivity index (χ0v) is 14.5. The number of hydrogen-bond donors (Lipinski definition) is 0. The summed E-state index contributed by atoms with van der Waals surface area (Å²) in [5.41, 5.74) is 0.815. The number of halogens is 1. The molecule has 27 heavy (non-hydrogen) atoms. The molecule has 0 atom stereocenters. The van der Waals surface area contributed by atoms with Crippen molar-refractivity contribution in [2.24, 2.45) is 0 Å². The Kier molecular flexibility index (Phi) is 4.31. The fourth-order valence-corrected chi connectivity index (χ4v) is 3.40. The second-order valence-corrected chi connectivity index (χ2v) is 6.42. The highest BCUT2D eigenvalue weighted by Gasteiger charge is 2.38. The zero-order chi connectivity index (χ0) is 19.0. The van der Waals surface area contributed by atoms with Crippen molar-refractivity contribution >= 4 is 23.4 Å². The number of para-hydroxylation sites is 1. The maximum absolute atomic E-state index is 13.9. The van der Waals surface area contributed by atoms with Gasteiger partial charge in [-0.2, -0.15) is 0 Å². The molecule has 8 heteroatoms. The van der Waals surface area contributed by atoms with E-state index in [2.05, 4.69) is 4.98 Å². The number of fused-ring (bicyclic) bond motifs is 1. The monoisotopic (exact) mass is 368 g/mol. The number of hydrogen-bond acceptors (Lipinski definition) is 5. The summed E-state index contributed by atoms with van der Waals surface area (Å²) < 4.78 is 13.9. The van der Waals surface area contributed by atoms with Gasteiger partial charge in [0, 0.05) is 32.4 Å². The van der Waals surface area contributed by atoms with Crippen molar-refractivity contribution in [2.45, 2.75) is 0 Å². The SMILES string of the molecule is O=C(CN1C(=O)c2cccnc2C1=O)N1CCN(c2ccccc2F)CC1. The van der Waals surface area contributed by atoms with Crippen LogP contribution in [-0.2, 0) is 4.79 Å². The third kappa shape index (κ3) is 3.03. The number of rotatable bonds is 3. The Morgan fingerprint density at radius 2 is 1.74 bits per heavy atom. The molecule has 0 spiro atoms. The van der Waals surface area contributed by atoms with Gasteiger partial charge in [-0.15, -0.1) is 0 Å². The van der Waals surface area contributed by atoms with Crippen LogP contribution in [-0.4, -0.2) is 65.2 Å². The number of amides is 3. The lowest BCUT2D eigenvalue weighted by molar-refractivity contribution is -0.131. The molecule has 3 heterocycles. The largest absolute Gasteiger partial charge is 0.366 e. The summed E-state index contributed by atoms with van der Waals surface area (Å²) in [5, 5.41) is 0. The van der Waals surface area contributed by atoms with Gasteiger partial charge in [-0.3, -0.25) is 24.3 Å². The summed E-state index contributed by atoms with van der Waals surface area (Å²) in [6, 6.07) is 9.63. The minimum Gasteiger partial charge on any atom is -0.366 e. The molecule has 3 amide bonds. The van der Waals surface area contributed by atoms with Crippen LogP contribution in [0.15, 0.2) is 42.6 Å². The maximum Gasteiger partial charge on any atom is 0.280 e. The Morgan fingerprint density at radius 1 is 1.00 bits per heavy atom. The third-order valence-electron chi connectivity index (χ3n) is 4.85. The van der Waals surface area contributed by atoms with E-state index >= 15 is 0 Å². The molecule has 0 radical (unpaired) electrons. The standard InChI is InChI=1S/C19H17FN4O3/c20-14-5-1-2-6-15(14)22-8-10-23(11-9-22)16(25)12-24-18(26)13-4-3-7-21-17(13)19(24)27/h1-7H,8-12H2. The fourth-order valence-electron chi connectivity index (χ4n) is 3.40. The zero-order valence-electron chi connectivity index (χ0n) is 14.5. The first kappa shape index (κ1) is 17.1. The minimum atomic E-state index is -0.547. The van der Waals surface area contributed by atoms with E-state index < -0.39 is 11.8 Å². The number of pyridine rings is 1. The van der Waals surface area contributed by atoms with E-state index in [1.165, 1.54) is 18.3 Å². The molecule has 0 N–H and O–H groups in total. The van der Waals surface area contributed by atoms with Crippen molar-refractivity contribution in [2.75, 3.05) is 37.6 Å². The lowest BCUT2D eigenvalue weighted by Crippen LogP contribution is -2.52. The highest BCUT2D eigenvalue weighted by Crippen LogP contribution is 2.22. The number of anilines is 1. The Labute approximate surface area is 155 Å². The van der Waals surface area contributed by atoms with E-state index in [-0.39, 0.29) is 29.5 Å². The van der Waals surface area contributed by atoms with Crippen molar-refractivity contribution in [3.8, 4) is 0 Å². The Hall–Kier alpha value is -3.29. The van der Waals surface area contributed by atoms with Crippen LogP contribution in [0.3, 0.4) is 0 Å². The summed E-state index contributed by atoms with van der Waals surface area (Å²) >= 11 is 0. The number of imide groups is 1. The molecule has 2 aliphatic rings. The molecule has 138 valence electrons. The van der Waals surface area contributed by atoms with E-state index in [1.54, 1.807) is 29.2 Å². The molecule has 0 aliphatic carbocycles. The summed E-state index contributed by atoms with van der Waals surface area (Å²) in [5.74, 6) is -1.65. The van der Waals surface area contributed by atoms with E-state index in [9.17, 15) is 18.8 Å². The van der Waals surface area contributed by atoms with E-state index in [0.717, 1.165) is 4.90 Å². The van der Waals surface area contributed by atoms with Gasteiger partial charge in [-0.25, -0.2) is 4.39 Å². The lowest BCUT2D eigenvalue weighted by atomic mass is 10.2. The second-order valence-electron chi connectivity index (χ2n) is 6.42. The summed E-state index contributed by atoms with van der Waals surface area (Å²) in [6.45, 7) is 1.45. The molecule has 2 aromatic rings. The number of carbonyl (C=O) groups excluding carboxylic acids is 3. The topological polar surface area (TPSA) is 73.8 Å². The Morgan fingerprint density at radius 3 is 2.44 bits per heavy atom. The molecule has 0 saturated carbocycles. The second kappa shape index (κ2) is 6.79. The van der Waals surface area contributed by atoms with Gasteiger partial charge in [-0.1, -0.05) is 12.1 Å². The molecule has 0 unspecified atom stereocenters. The summed E-state index contributed by atoms with van der Waals surface area (Å²) in [6.07, 6.45) is 1.44. The molecule has 1 saturated heterocycles. The van der Waals surface area contributed by atoms with Gasteiger partial charge in [0.05, 0.1) is 11.3 Å². The first-order valence-electron chi connectivity index (χ1n) is 8.64. The van der Waals surface area contributed by atoms with Crippen LogP contribution in [0.2, 0.25) is 0 Å². The summed E-state index contributed by atoms with van der Waals surface area (Å²) in [4.78, 5) is 45.6. The molecule has 0 bridgehead atoms. The predicted molar refractivity (Wildman–Crippen MR) is 94.8 cm³/mol. The molecule has 2 aliphatic heterocycles. The molecule has 1 aromatic carbocycles. The lowest BCUT2D eigenvalue weighted by Gasteiger charge is -2.36. The first-order chi connectivity index (χ1) is 13.1. The molecule has 4 rings (SSSR count). The predicted octanol–water partition coefficient (Wildman–Crippen LogP) is 1.17. The van der Waals surface area contributed by atoms with Gasteiger partial charge in [0.1, 0.15) is 18.1 Å². The first-order valence-corrected chi connectivity index (χ1v) is 8.64. The van der Waals surface area contributed by atoms with Crippen LogP contribution in [0.25, 0.3) is 0 Å². The fraction of sp³-hybridized carbons (Fsp3) is 0.263. The number of nitrogens with zero attached hydrogens (tertiary/aromatic N) is 4. The quantitative estimate of drug-likeness (QED) is 0.761. The van der Waals surface area contributed by atoms with Gasteiger partial charge in [0.25, 0.3) is 11.8 Å². The van der Waals surface area contributed by atoms with Gasteiger partial charge >= 0.3 is 0 Å². The van der Waals surface area contributed by atoms with Crippen LogP contribution < -0.4 is 4.90 Å². The molecular formula is C19H17FN4O3. The molecule has 1 aromatic heterocycles. The van der Waals surface area contributed by atoms with E-state index in [1.807, 2.05) is 4.90 Å². The number of piperazine rings is 1. The molecular weight excluding hydrogens is 351 g/mol. The Balaban J connectivity index is 1.39. The Bertz CT molecular complexity index is 890. The molecule has 7 nitrogen and oxygen atoms in total. The highest BCUT2D eigenvalue weighted by molar-refractivity contribution is 6.21. The van der Waals surface area contributed by atoms with Gasteiger partial charge in [-0.05, 0) is 24.3 Å². The smallest absolute Gasteiger partial charge is 0.280 e. The summed E-state index contributed by atoms with van der Waals surface area (Å²) in [7, 11) is 0. The van der Waals surface area contributed by atoms with Gasteiger partial charge in [0.15, 0.2) is 0 Å². The number of benzene rings is 1. The van der Waals surface area contributed by atoms with E-state index in [4.69, 9.17) is 0 Å². The van der Waals surface area contributed by atoms with Gasteiger partial charge in [0.2, 0.25) is 5.91 Å². The maximum atomic E-state index is 13.9. The third-order valence-corrected chi connectivity index (χ3v) is 4.85. The average molecular weight is 368 g/mol. The van der Waals surface area contributed by atoms with Crippen molar-refractivity contribution in [3.05, 3.63) is 59.7 Å². The van der Waals surface area contributed by atoms with Crippen molar-refractivity contribution < 1.29 is 18.8 Å². The van der Waals surface area contributed by atoms with Crippen molar-refractivity contribution in [1.82, 2.24) is 14.8 Å². The van der Waals surface area contributed by atoms with Crippen molar-refractivity contribution in [1.29, 1.82) is 0 Å².